The number of methoxy groups -OCH3 is 1. The van der Waals surface area contributed by atoms with E-state index >= 15 is 0 Å². The molecule has 22 heavy (non-hydrogen) atoms. The van der Waals surface area contributed by atoms with Crippen LogP contribution < -0.4 is 21.1 Å². The fourth-order valence-corrected chi connectivity index (χ4v) is 1.97. The normalized spacial score (nSPS) is 11.6. The van der Waals surface area contributed by atoms with Crippen LogP contribution >= 0.6 is 0 Å². The lowest BCUT2D eigenvalue weighted by Gasteiger charge is -2.10. The number of hydrogen-bond acceptors (Lipinski definition) is 3. The summed E-state index contributed by atoms with van der Waals surface area (Å²) in [5, 5.41) is 5.59. The Morgan fingerprint density at radius 2 is 1.77 bits per heavy atom. The van der Waals surface area contributed by atoms with Crippen LogP contribution in [-0.4, -0.2) is 13.1 Å². The van der Waals surface area contributed by atoms with Gasteiger partial charge >= 0.3 is 6.03 Å². The summed E-state index contributed by atoms with van der Waals surface area (Å²) in [5.41, 5.74) is 8.56. The van der Waals surface area contributed by atoms with Crippen LogP contribution in [-0.2, 0) is 6.54 Å². The molecule has 2 aromatic rings. The van der Waals surface area contributed by atoms with Crippen LogP contribution in [0.25, 0.3) is 0 Å². The Kier molecular flexibility index (Phi) is 5.38. The van der Waals surface area contributed by atoms with E-state index in [-0.39, 0.29) is 12.1 Å². The van der Waals surface area contributed by atoms with Crippen molar-refractivity contribution in [3.05, 3.63) is 59.7 Å². The van der Waals surface area contributed by atoms with Crippen molar-refractivity contribution >= 4 is 11.7 Å². The third-order valence-electron chi connectivity index (χ3n) is 3.31. The second kappa shape index (κ2) is 7.47. The van der Waals surface area contributed by atoms with E-state index in [9.17, 15) is 4.79 Å². The highest BCUT2D eigenvalue weighted by atomic mass is 16.5. The molecule has 0 aliphatic heterocycles. The van der Waals surface area contributed by atoms with Crippen molar-refractivity contribution in [2.45, 2.75) is 19.5 Å². The molecule has 0 aliphatic carbocycles. The van der Waals surface area contributed by atoms with Gasteiger partial charge in [0, 0.05) is 18.3 Å². The van der Waals surface area contributed by atoms with Crippen LogP contribution in [0, 0.1) is 0 Å². The molecule has 2 amide bonds. The predicted octanol–water partition coefficient (Wildman–Crippen LogP) is 3.04. The van der Waals surface area contributed by atoms with Crippen LogP contribution in [0.15, 0.2) is 48.5 Å². The quantitative estimate of drug-likeness (QED) is 0.794. The van der Waals surface area contributed by atoms with E-state index in [0.717, 1.165) is 22.6 Å². The Labute approximate surface area is 130 Å². The fraction of sp³-hybridized carbons (Fsp3) is 0.235. The lowest BCUT2D eigenvalue weighted by Crippen LogP contribution is -2.28. The van der Waals surface area contributed by atoms with Crippen molar-refractivity contribution in [3.63, 3.8) is 0 Å². The number of nitrogens with one attached hydrogen (secondary N) is 2. The zero-order valence-corrected chi connectivity index (χ0v) is 12.8. The van der Waals surface area contributed by atoms with E-state index in [4.69, 9.17) is 10.5 Å². The molecule has 0 aliphatic rings. The number of carbonyl (C=O) groups excluding carboxylic acids is 1. The Morgan fingerprint density at radius 3 is 2.32 bits per heavy atom. The van der Waals surface area contributed by atoms with Gasteiger partial charge in [0.1, 0.15) is 5.75 Å². The molecule has 0 spiro atoms. The lowest BCUT2D eigenvalue weighted by molar-refractivity contribution is 0.251. The first-order valence-electron chi connectivity index (χ1n) is 7.12. The molecule has 0 aromatic heterocycles. The van der Waals surface area contributed by atoms with Gasteiger partial charge in [-0.15, -0.1) is 0 Å². The van der Waals surface area contributed by atoms with Gasteiger partial charge in [0.05, 0.1) is 7.11 Å². The molecule has 2 aromatic carbocycles. The number of amides is 2. The Hall–Kier alpha value is -2.53. The number of carbonyl (C=O) groups is 1. The minimum atomic E-state index is -0.246. The van der Waals surface area contributed by atoms with E-state index in [0.29, 0.717) is 6.54 Å². The van der Waals surface area contributed by atoms with Crippen molar-refractivity contribution in [2.75, 3.05) is 12.4 Å². The second-order valence-electron chi connectivity index (χ2n) is 5.07. The van der Waals surface area contributed by atoms with E-state index in [1.54, 1.807) is 7.11 Å². The van der Waals surface area contributed by atoms with Gasteiger partial charge in [0.25, 0.3) is 0 Å². The first-order valence-corrected chi connectivity index (χ1v) is 7.12. The number of benzene rings is 2. The molecule has 2 rings (SSSR count). The van der Waals surface area contributed by atoms with Crippen molar-refractivity contribution in [1.29, 1.82) is 0 Å². The number of hydrogen-bond donors (Lipinski definition) is 3. The highest BCUT2D eigenvalue weighted by Crippen LogP contribution is 2.14. The number of urea groups is 1. The first kappa shape index (κ1) is 15.9. The minimum absolute atomic E-state index is 0.0158. The molecule has 1 unspecified atom stereocenters. The minimum Gasteiger partial charge on any atom is -0.497 e. The highest BCUT2D eigenvalue weighted by Gasteiger charge is 2.03. The summed E-state index contributed by atoms with van der Waals surface area (Å²) in [7, 11) is 1.62. The van der Waals surface area contributed by atoms with E-state index < -0.39 is 0 Å². The smallest absolute Gasteiger partial charge is 0.319 e. The summed E-state index contributed by atoms with van der Waals surface area (Å²) >= 11 is 0. The van der Waals surface area contributed by atoms with Gasteiger partial charge in [-0.1, -0.05) is 24.3 Å². The number of nitrogens with two attached hydrogens (primary N) is 1. The van der Waals surface area contributed by atoms with Crippen molar-refractivity contribution < 1.29 is 9.53 Å². The summed E-state index contributed by atoms with van der Waals surface area (Å²) in [6.45, 7) is 2.37. The van der Waals surface area contributed by atoms with Crippen molar-refractivity contribution in [1.82, 2.24) is 5.32 Å². The van der Waals surface area contributed by atoms with Gasteiger partial charge < -0.3 is 21.1 Å². The van der Waals surface area contributed by atoms with E-state index in [1.807, 2.05) is 55.5 Å². The number of ether oxygens (including phenoxy) is 1. The molecular formula is C17H21N3O2. The molecule has 116 valence electrons. The zero-order chi connectivity index (χ0) is 15.9. The molecule has 0 saturated heterocycles. The molecule has 0 fully saturated rings. The SMILES string of the molecule is COc1ccc(CNC(=O)Nc2ccc(C(C)N)cc2)cc1. The predicted molar refractivity (Wildman–Crippen MR) is 87.9 cm³/mol. The van der Waals surface area contributed by atoms with Gasteiger partial charge in [-0.3, -0.25) is 0 Å². The second-order valence-corrected chi connectivity index (χ2v) is 5.07. The van der Waals surface area contributed by atoms with E-state index in [1.165, 1.54) is 0 Å². The maximum absolute atomic E-state index is 11.9. The lowest BCUT2D eigenvalue weighted by atomic mass is 10.1. The molecule has 5 heteroatoms. The topological polar surface area (TPSA) is 76.4 Å². The van der Waals surface area contributed by atoms with Crippen LogP contribution in [0.3, 0.4) is 0 Å². The van der Waals surface area contributed by atoms with Crippen LogP contribution in [0.2, 0.25) is 0 Å². The molecule has 0 heterocycles. The average molecular weight is 299 g/mol. The largest absolute Gasteiger partial charge is 0.497 e. The maximum atomic E-state index is 11.9. The standard InChI is InChI=1S/C17H21N3O2/c1-12(18)14-5-7-15(8-6-14)20-17(21)19-11-13-3-9-16(22-2)10-4-13/h3-10,12H,11,18H2,1-2H3,(H2,19,20,21). The van der Waals surface area contributed by atoms with Gasteiger partial charge in [-0.25, -0.2) is 4.79 Å². The van der Waals surface area contributed by atoms with Gasteiger partial charge in [0.2, 0.25) is 0 Å². The zero-order valence-electron chi connectivity index (χ0n) is 12.8. The summed E-state index contributed by atoms with van der Waals surface area (Å²) in [6.07, 6.45) is 0. The summed E-state index contributed by atoms with van der Waals surface area (Å²) in [5.74, 6) is 0.794. The Bertz CT molecular complexity index is 607. The van der Waals surface area contributed by atoms with Gasteiger partial charge in [-0.05, 0) is 42.3 Å². The molecule has 5 nitrogen and oxygen atoms in total. The monoisotopic (exact) mass is 299 g/mol. The number of rotatable bonds is 5. The summed E-state index contributed by atoms with van der Waals surface area (Å²) in [4.78, 5) is 11.9. The van der Waals surface area contributed by atoms with E-state index in [2.05, 4.69) is 10.6 Å². The average Bonchev–Trinajstić information content (AvgIpc) is 2.54. The summed E-state index contributed by atoms with van der Waals surface area (Å²) in [6, 6.07) is 14.8. The van der Waals surface area contributed by atoms with Crippen molar-refractivity contribution in [2.24, 2.45) is 5.73 Å². The maximum Gasteiger partial charge on any atom is 0.319 e. The van der Waals surface area contributed by atoms with Gasteiger partial charge in [-0.2, -0.15) is 0 Å². The van der Waals surface area contributed by atoms with Crippen LogP contribution in [0.1, 0.15) is 24.1 Å². The Balaban J connectivity index is 1.84. The third-order valence-corrected chi connectivity index (χ3v) is 3.31. The molecule has 0 radical (unpaired) electrons. The molecule has 0 bridgehead atoms. The first-order chi connectivity index (χ1) is 10.6. The number of anilines is 1. The van der Waals surface area contributed by atoms with Crippen LogP contribution in [0.4, 0.5) is 10.5 Å². The summed E-state index contributed by atoms with van der Waals surface area (Å²) < 4.78 is 5.09. The van der Waals surface area contributed by atoms with Gasteiger partial charge in [0.15, 0.2) is 0 Å². The van der Waals surface area contributed by atoms with Crippen molar-refractivity contribution in [3.8, 4) is 5.75 Å². The molecule has 0 saturated carbocycles. The molecule has 4 N–H and O–H groups in total. The molecular weight excluding hydrogens is 278 g/mol. The fourth-order valence-electron chi connectivity index (χ4n) is 1.97. The highest BCUT2D eigenvalue weighted by molar-refractivity contribution is 5.89. The molecule has 1 atom stereocenters. The Morgan fingerprint density at radius 1 is 1.14 bits per heavy atom. The van der Waals surface area contributed by atoms with Crippen LogP contribution in [0.5, 0.6) is 5.75 Å². The third kappa shape index (κ3) is 4.49.